The topological polar surface area (TPSA) is 87.7 Å². The van der Waals surface area contributed by atoms with Gasteiger partial charge >= 0.3 is 5.63 Å². The summed E-state index contributed by atoms with van der Waals surface area (Å²) in [7, 11) is 0. The minimum Gasteiger partial charge on any atom is -0.508 e. The molecule has 0 aliphatic carbocycles. The Kier molecular flexibility index (Phi) is 4.08. The summed E-state index contributed by atoms with van der Waals surface area (Å²) in [6.45, 7) is 1.44. The monoisotopic (exact) mass is 324 g/mol. The van der Waals surface area contributed by atoms with Crippen molar-refractivity contribution in [2.24, 2.45) is 0 Å². The highest BCUT2D eigenvalue weighted by Gasteiger charge is 2.25. The molecule has 0 aliphatic heterocycles. The Bertz CT molecular complexity index is 957. The minimum absolute atomic E-state index is 0.0505. The predicted molar refractivity (Wildman–Crippen MR) is 89.4 cm³/mol. The van der Waals surface area contributed by atoms with E-state index >= 15 is 0 Å². The van der Waals surface area contributed by atoms with E-state index < -0.39 is 11.5 Å². The van der Waals surface area contributed by atoms with Crippen molar-refractivity contribution in [1.29, 1.82) is 0 Å². The molecule has 0 spiro atoms. The average molecular weight is 324 g/mol. The molecule has 0 radical (unpaired) electrons. The highest BCUT2D eigenvalue weighted by molar-refractivity contribution is 5.86. The minimum atomic E-state index is -0.722. The van der Waals surface area contributed by atoms with Gasteiger partial charge in [-0.3, -0.25) is 4.79 Å². The normalized spacial score (nSPS) is 12.2. The smallest absolute Gasteiger partial charge is 0.343 e. The number of phenolic OH excluding ortho intramolecular Hbond substituents is 1. The summed E-state index contributed by atoms with van der Waals surface area (Å²) in [6, 6.07) is 13.2. The number of aromatic hydroxyl groups is 2. The van der Waals surface area contributed by atoms with Crippen molar-refractivity contribution in [3.05, 3.63) is 70.1 Å². The summed E-state index contributed by atoms with van der Waals surface area (Å²) >= 11 is 0. The number of ketones is 1. The molecular weight excluding hydrogens is 308 g/mol. The number of fused-ring (bicyclic) bond motifs is 1. The second-order valence-electron chi connectivity index (χ2n) is 5.70. The summed E-state index contributed by atoms with van der Waals surface area (Å²) in [6.07, 6.45) is 0.0753. The highest BCUT2D eigenvalue weighted by Crippen LogP contribution is 2.36. The van der Waals surface area contributed by atoms with Crippen LogP contribution in [0.5, 0.6) is 11.5 Å². The van der Waals surface area contributed by atoms with Gasteiger partial charge < -0.3 is 14.6 Å². The van der Waals surface area contributed by atoms with Crippen molar-refractivity contribution < 1.29 is 19.4 Å². The third-order valence-corrected chi connectivity index (χ3v) is 3.94. The van der Waals surface area contributed by atoms with Crippen LogP contribution in [-0.4, -0.2) is 16.0 Å². The number of phenols is 1. The molecule has 0 saturated heterocycles. The van der Waals surface area contributed by atoms with Crippen LogP contribution < -0.4 is 5.63 Å². The first-order valence-corrected chi connectivity index (χ1v) is 7.50. The second-order valence-corrected chi connectivity index (χ2v) is 5.70. The maximum Gasteiger partial charge on any atom is 0.343 e. The Morgan fingerprint density at radius 3 is 2.50 bits per heavy atom. The molecule has 5 heteroatoms. The highest BCUT2D eigenvalue weighted by atomic mass is 16.4. The summed E-state index contributed by atoms with van der Waals surface area (Å²) in [5.74, 6) is -0.996. The van der Waals surface area contributed by atoms with Gasteiger partial charge in [0.25, 0.3) is 0 Å². The summed E-state index contributed by atoms with van der Waals surface area (Å²) in [4.78, 5) is 24.1. The van der Waals surface area contributed by atoms with Gasteiger partial charge in [0.1, 0.15) is 22.9 Å². The van der Waals surface area contributed by atoms with E-state index in [0.717, 1.165) is 5.56 Å². The zero-order valence-corrected chi connectivity index (χ0v) is 13.0. The average Bonchev–Trinajstić information content (AvgIpc) is 2.54. The molecule has 1 atom stereocenters. The summed E-state index contributed by atoms with van der Waals surface area (Å²) in [5, 5.41) is 20.4. The molecule has 2 N–H and O–H groups in total. The molecule has 24 heavy (non-hydrogen) atoms. The van der Waals surface area contributed by atoms with Gasteiger partial charge in [0.05, 0.1) is 10.9 Å². The second kappa shape index (κ2) is 6.20. The molecule has 122 valence electrons. The fourth-order valence-corrected chi connectivity index (χ4v) is 2.85. The Balaban J connectivity index is 2.26. The molecule has 0 fully saturated rings. The molecule has 0 amide bonds. The van der Waals surface area contributed by atoms with E-state index in [-0.39, 0.29) is 34.8 Å². The van der Waals surface area contributed by atoms with Crippen LogP contribution in [0.1, 0.15) is 30.4 Å². The van der Waals surface area contributed by atoms with Crippen LogP contribution in [0.3, 0.4) is 0 Å². The largest absolute Gasteiger partial charge is 0.508 e. The maximum atomic E-state index is 12.4. The molecule has 0 bridgehead atoms. The van der Waals surface area contributed by atoms with E-state index in [0.29, 0.717) is 5.39 Å². The molecule has 3 aromatic rings. The molecule has 0 aliphatic rings. The van der Waals surface area contributed by atoms with Gasteiger partial charge in [0.2, 0.25) is 0 Å². The first kappa shape index (κ1) is 15.8. The lowest BCUT2D eigenvalue weighted by molar-refractivity contribution is -0.117. The first-order chi connectivity index (χ1) is 11.5. The summed E-state index contributed by atoms with van der Waals surface area (Å²) in [5.41, 5.74) is 0.166. The van der Waals surface area contributed by atoms with Gasteiger partial charge in [0.15, 0.2) is 0 Å². The molecule has 5 nitrogen and oxygen atoms in total. The molecule has 0 saturated carbocycles. The first-order valence-electron chi connectivity index (χ1n) is 7.50. The van der Waals surface area contributed by atoms with E-state index in [1.165, 1.54) is 25.1 Å². The van der Waals surface area contributed by atoms with Gasteiger partial charge in [-0.1, -0.05) is 30.3 Å². The van der Waals surface area contributed by atoms with E-state index in [1.807, 2.05) is 6.07 Å². The zero-order valence-electron chi connectivity index (χ0n) is 13.0. The number of hydrogen-bond acceptors (Lipinski definition) is 5. The van der Waals surface area contributed by atoms with E-state index in [4.69, 9.17) is 4.42 Å². The fourth-order valence-electron chi connectivity index (χ4n) is 2.85. The lowest BCUT2D eigenvalue weighted by Gasteiger charge is -2.17. The Labute approximate surface area is 137 Å². The van der Waals surface area contributed by atoms with Gasteiger partial charge in [-0.25, -0.2) is 4.79 Å². The van der Waals surface area contributed by atoms with Gasteiger partial charge in [-0.15, -0.1) is 0 Å². The lowest BCUT2D eigenvalue weighted by atomic mass is 9.87. The van der Waals surface area contributed by atoms with Crippen LogP contribution in [-0.2, 0) is 4.79 Å². The van der Waals surface area contributed by atoms with Crippen molar-refractivity contribution in [2.75, 3.05) is 0 Å². The Hall–Kier alpha value is -3.08. The number of Topliss-reactive ketones (excluding diaryl/α,β-unsaturated/α-hetero) is 1. The number of benzene rings is 2. The molecular formula is C19H16O5. The third-order valence-electron chi connectivity index (χ3n) is 3.94. The fraction of sp³-hybridized carbons (Fsp3) is 0.158. The van der Waals surface area contributed by atoms with Crippen LogP contribution in [0, 0.1) is 0 Å². The molecule has 1 aromatic heterocycles. The van der Waals surface area contributed by atoms with Crippen LogP contribution in [0.25, 0.3) is 11.0 Å². The van der Waals surface area contributed by atoms with Crippen molar-refractivity contribution in [1.82, 2.24) is 0 Å². The van der Waals surface area contributed by atoms with Crippen molar-refractivity contribution in [3.63, 3.8) is 0 Å². The van der Waals surface area contributed by atoms with Gasteiger partial charge in [-0.2, -0.15) is 0 Å². The SMILES string of the molecule is CC(=O)C[C@H](c1ccccc1)c1c(O)c2ccc(O)cc2oc1=O. The number of hydrogen-bond donors (Lipinski definition) is 2. The van der Waals surface area contributed by atoms with E-state index in [1.54, 1.807) is 24.3 Å². The molecule has 0 unspecified atom stereocenters. The molecule has 3 rings (SSSR count). The van der Waals surface area contributed by atoms with Crippen molar-refractivity contribution in [2.45, 2.75) is 19.3 Å². The predicted octanol–water partition coefficient (Wildman–Crippen LogP) is 3.32. The molecule has 2 aromatic carbocycles. The van der Waals surface area contributed by atoms with E-state index in [9.17, 15) is 19.8 Å². The quantitative estimate of drug-likeness (QED) is 0.719. The van der Waals surface area contributed by atoms with Gasteiger partial charge in [-0.05, 0) is 24.6 Å². The van der Waals surface area contributed by atoms with Crippen LogP contribution in [0.4, 0.5) is 0 Å². The maximum absolute atomic E-state index is 12.4. The zero-order chi connectivity index (χ0) is 17.3. The number of carbonyl (C=O) groups excluding carboxylic acids is 1. The Morgan fingerprint density at radius 2 is 1.83 bits per heavy atom. The van der Waals surface area contributed by atoms with E-state index in [2.05, 4.69) is 0 Å². The van der Waals surface area contributed by atoms with Crippen LogP contribution in [0.2, 0.25) is 0 Å². The van der Waals surface area contributed by atoms with Crippen LogP contribution in [0.15, 0.2) is 57.7 Å². The lowest BCUT2D eigenvalue weighted by Crippen LogP contribution is -2.16. The standard InChI is InChI=1S/C19H16O5/c1-11(20)9-15(12-5-3-2-4-6-12)17-18(22)14-8-7-13(21)10-16(14)24-19(17)23/h2-8,10,15,21-22H,9H2,1H3/t15-/m1/s1. The Morgan fingerprint density at radius 1 is 1.12 bits per heavy atom. The number of rotatable bonds is 4. The molecule has 1 heterocycles. The summed E-state index contributed by atoms with van der Waals surface area (Å²) < 4.78 is 5.25. The number of carbonyl (C=O) groups is 1. The third kappa shape index (κ3) is 2.88. The van der Waals surface area contributed by atoms with Crippen molar-refractivity contribution >= 4 is 16.8 Å². The van der Waals surface area contributed by atoms with Gasteiger partial charge in [0, 0.05) is 18.4 Å². The van der Waals surface area contributed by atoms with Crippen LogP contribution >= 0.6 is 0 Å². The van der Waals surface area contributed by atoms with Crippen molar-refractivity contribution in [3.8, 4) is 11.5 Å².